The Morgan fingerprint density at radius 3 is 2.29 bits per heavy atom. The van der Waals surface area contributed by atoms with E-state index in [2.05, 4.69) is 4.98 Å². The van der Waals surface area contributed by atoms with Crippen LogP contribution in [0, 0.1) is 0 Å². The van der Waals surface area contributed by atoms with Crippen LogP contribution < -0.4 is 0 Å². The molecule has 2 heteroatoms. The van der Waals surface area contributed by atoms with Crippen LogP contribution in [0.2, 0.25) is 0 Å². The van der Waals surface area contributed by atoms with E-state index >= 15 is 0 Å². The maximum atomic E-state index is 5.65. The molecule has 0 atom stereocenters. The van der Waals surface area contributed by atoms with Crippen LogP contribution >= 0.6 is 0 Å². The molecule has 0 aliphatic carbocycles. The summed E-state index contributed by atoms with van der Waals surface area (Å²) < 4.78 is 5.65. The molecule has 1 aromatic rings. The van der Waals surface area contributed by atoms with Gasteiger partial charge in [0.05, 0.1) is 6.20 Å². The first-order chi connectivity index (χ1) is 6.95. The lowest BCUT2D eigenvalue weighted by molar-refractivity contribution is 0.429. The number of oxazole rings is 1. The third-order valence-electron chi connectivity index (χ3n) is 2.92. The molecule has 14 heavy (non-hydrogen) atoms. The van der Waals surface area contributed by atoms with Crippen molar-refractivity contribution in [2.75, 3.05) is 0 Å². The third-order valence-corrected chi connectivity index (χ3v) is 2.92. The fourth-order valence-corrected chi connectivity index (χ4v) is 2.04. The number of rotatable bonds is 0. The second-order valence-corrected chi connectivity index (χ2v) is 4.20. The van der Waals surface area contributed by atoms with Gasteiger partial charge >= 0.3 is 0 Å². The molecule has 1 aliphatic rings. The van der Waals surface area contributed by atoms with Gasteiger partial charge in [-0.2, -0.15) is 0 Å². The van der Waals surface area contributed by atoms with Crippen LogP contribution in [0.4, 0.5) is 0 Å². The summed E-state index contributed by atoms with van der Waals surface area (Å²) in [5.41, 5.74) is 0. The van der Waals surface area contributed by atoms with E-state index in [9.17, 15) is 0 Å². The van der Waals surface area contributed by atoms with Crippen molar-refractivity contribution in [3.05, 3.63) is 17.8 Å². The average molecular weight is 193 g/mol. The molecule has 0 N–H and O–H groups in total. The van der Waals surface area contributed by atoms with Gasteiger partial charge in [-0.25, -0.2) is 4.98 Å². The molecule has 0 spiro atoms. The number of aromatic nitrogens is 1. The van der Waals surface area contributed by atoms with Gasteiger partial charge in [0.25, 0.3) is 0 Å². The summed E-state index contributed by atoms with van der Waals surface area (Å²) in [7, 11) is 0. The SMILES string of the molecule is c1nc2oc1CCCCCCCCC2. The Balaban J connectivity index is 1.93. The second-order valence-electron chi connectivity index (χ2n) is 4.20. The van der Waals surface area contributed by atoms with Gasteiger partial charge in [0, 0.05) is 12.8 Å². The van der Waals surface area contributed by atoms with Crippen LogP contribution in [-0.4, -0.2) is 4.98 Å². The first kappa shape index (κ1) is 9.75. The smallest absolute Gasteiger partial charge is 0.194 e. The second kappa shape index (κ2) is 5.18. The summed E-state index contributed by atoms with van der Waals surface area (Å²) in [6.45, 7) is 0. The highest BCUT2D eigenvalue weighted by molar-refractivity contribution is 4.94. The average Bonchev–Trinajstić information content (AvgIpc) is 2.61. The van der Waals surface area contributed by atoms with E-state index in [4.69, 9.17) is 4.42 Å². The van der Waals surface area contributed by atoms with Crippen molar-refractivity contribution < 1.29 is 4.42 Å². The van der Waals surface area contributed by atoms with Crippen LogP contribution in [-0.2, 0) is 12.8 Å². The number of hydrogen-bond donors (Lipinski definition) is 0. The van der Waals surface area contributed by atoms with E-state index in [1.54, 1.807) is 0 Å². The molecule has 1 aliphatic heterocycles. The number of hydrogen-bond acceptors (Lipinski definition) is 2. The highest BCUT2D eigenvalue weighted by Gasteiger charge is 2.04. The molecule has 2 heterocycles. The van der Waals surface area contributed by atoms with Crippen molar-refractivity contribution in [3.63, 3.8) is 0 Å². The summed E-state index contributed by atoms with van der Waals surface area (Å²) in [6, 6.07) is 0. The molecule has 0 fully saturated rings. The van der Waals surface area contributed by atoms with Crippen molar-refractivity contribution in [1.29, 1.82) is 0 Å². The normalized spacial score (nSPS) is 19.7. The standard InChI is InChI=1S/C12H19NO/c1-2-4-6-8-11-10-13-12(14-11)9-7-5-3-1/h10H,1-9H2. The van der Waals surface area contributed by atoms with E-state index in [1.807, 2.05) is 6.20 Å². The van der Waals surface area contributed by atoms with E-state index < -0.39 is 0 Å². The van der Waals surface area contributed by atoms with E-state index in [0.29, 0.717) is 0 Å². The zero-order valence-electron chi connectivity index (χ0n) is 8.80. The Hall–Kier alpha value is -0.790. The third kappa shape index (κ3) is 2.86. The maximum Gasteiger partial charge on any atom is 0.194 e. The number of fused-ring (bicyclic) bond motifs is 2. The van der Waals surface area contributed by atoms with Crippen molar-refractivity contribution in [3.8, 4) is 0 Å². The molecule has 2 bridgehead atoms. The molecule has 78 valence electrons. The van der Waals surface area contributed by atoms with Gasteiger partial charge < -0.3 is 4.42 Å². The molecule has 0 amide bonds. The van der Waals surface area contributed by atoms with Gasteiger partial charge in [-0.15, -0.1) is 0 Å². The molecule has 2 rings (SSSR count). The molecule has 0 unspecified atom stereocenters. The van der Waals surface area contributed by atoms with Crippen molar-refractivity contribution in [2.24, 2.45) is 0 Å². The maximum absolute atomic E-state index is 5.65. The Morgan fingerprint density at radius 1 is 0.857 bits per heavy atom. The lowest BCUT2D eigenvalue weighted by Crippen LogP contribution is -1.88. The van der Waals surface area contributed by atoms with Crippen LogP contribution in [0.25, 0.3) is 0 Å². The summed E-state index contributed by atoms with van der Waals surface area (Å²) in [5.74, 6) is 2.03. The molecule has 0 saturated heterocycles. The molecule has 0 radical (unpaired) electrons. The minimum Gasteiger partial charge on any atom is -0.446 e. The minimum absolute atomic E-state index is 0.945. The molecule has 0 saturated carbocycles. The quantitative estimate of drug-likeness (QED) is 0.630. The van der Waals surface area contributed by atoms with Crippen LogP contribution in [0.1, 0.15) is 56.6 Å². The van der Waals surface area contributed by atoms with Crippen molar-refractivity contribution in [2.45, 2.75) is 57.8 Å². The topological polar surface area (TPSA) is 26.0 Å². The van der Waals surface area contributed by atoms with E-state index in [0.717, 1.165) is 24.5 Å². The Kier molecular flexibility index (Phi) is 3.61. The van der Waals surface area contributed by atoms with Gasteiger partial charge in [0.1, 0.15) is 5.76 Å². The largest absolute Gasteiger partial charge is 0.446 e. The Bertz CT molecular complexity index is 243. The lowest BCUT2D eigenvalue weighted by Gasteiger charge is -2.02. The van der Waals surface area contributed by atoms with Gasteiger partial charge in [-0.1, -0.05) is 32.1 Å². The van der Waals surface area contributed by atoms with Gasteiger partial charge in [0.2, 0.25) is 0 Å². The van der Waals surface area contributed by atoms with E-state index in [-0.39, 0.29) is 0 Å². The van der Waals surface area contributed by atoms with Crippen LogP contribution in [0.15, 0.2) is 10.6 Å². The highest BCUT2D eigenvalue weighted by Crippen LogP contribution is 2.15. The highest BCUT2D eigenvalue weighted by atomic mass is 16.4. The Labute approximate surface area is 85.7 Å². The lowest BCUT2D eigenvalue weighted by atomic mass is 10.1. The molecular formula is C12H19NO. The van der Waals surface area contributed by atoms with Gasteiger partial charge in [-0.3, -0.25) is 0 Å². The molecule has 2 nitrogen and oxygen atoms in total. The molecule has 0 aromatic carbocycles. The van der Waals surface area contributed by atoms with Crippen molar-refractivity contribution >= 4 is 0 Å². The zero-order valence-corrected chi connectivity index (χ0v) is 8.80. The monoisotopic (exact) mass is 193 g/mol. The summed E-state index contributed by atoms with van der Waals surface area (Å²) in [4.78, 5) is 4.29. The minimum atomic E-state index is 0.945. The van der Waals surface area contributed by atoms with E-state index in [1.165, 1.54) is 44.9 Å². The van der Waals surface area contributed by atoms with Crippen LogP contribution in [0.5, 0.6) is 0 Å². The zero-order chi connectivity index (χ0) is 9.64. The molecule has 1 aromatic heterocycles. The molecular weight excluding hydrogens is 174 g/mol. The summed E-state index contributed by atoms with van der Waals surface area (Å²) >= 11 is 0. The van der Waals surface area contributed by atoms with Gasteiger partial charge in [0.15, 0.2) is 5.89 Å². The summed E-state index contributed by atoms with van der Waals surface area (Å²) in [6.07, 6.45) is 13.4. The van der Waals surface area contributed by atoms with Crippen LogP contribution in [0.3, 0.4) is 0 Å². The Morgan fingerprint density at radius 2 is 1.50 bits per heavy atom. The van der Waals surface area contributed by atoms with Gasteiger partial charge in [-0.05, 0) is 12.8 Å². The first-order valence-electron chi connectivity index (χ1n) is 5.89. The number of nitrogens with zero attached hydrogens (tertiary/aromatic N) is 1. The number of aryl methyl sites for hydroxylation is 2. The predicted molar refractivity (Wildman–Crippen MR) is 56.2 cm³/mol. The van der Waals surface area contributed by atoms with Crippen molar-refractivity contribution in [1.82, 2.24) is 4.98 Å². The fraction of sp³-hybridized carbons (Fsp3) is 0.750. The summed E-state index contributed by atoms with van der Waals surface area (Å²) in [5, 5.41) is 0. The first-order valence-corrected chi connectivity index (χ1v) is 5.89. The predicted octanol–water partition coefficient (Wildman–Crippen LogP) is 3.50. The fourth-order valence-electron chi connectivity index (χ4n) is 2.04.